The number of nitrogens with zero attached hydrogens (tertiary/aromatic N) is 2. The van der Waals surface area contributed by atoms with Crippen molar-refractivity contribution in [3.05, 3.63) is 15.4 Å². The molecule has 2 rings (SSSR count). The summed E-state index contributed by atoms with van der Waals surface area (Å²) in [5, 5.41) is 0. The molecule has 1 saturated heterocycles. The summed E-state index contributed by atoms with van der Waals surface area (Å²) in [6.45, 7) is 6.53. The van der Waals surface area contributed by atoms with Crippen LogP contribution in [0.1, 0.15) is 19.5 Å². The maximum absolute atomic E-state index is 12.6. The van der Waals surface area contributed by atoms with E-state index in [0.29, 0.717) is 18.8 Å². The van der Waals surface area contributed by atoms with Crippen LogP contribution in [-0.2, 0) is 10.0 Å². The minimum absolute atomic E-state index is 0.140. The van der Waals surface area contributed by atoms with Crippen LogP contribution in [0.15, 0.2) is 9.00 Å². The minimum atomic E-state index is -3.57. The maximum atomic E-state index is 12.6. The van der Waals surface area contributed by atoms with Gasteiger partial charge in [0.25, 0.3) is 10.0 Å². The largest absolute Gasteiger partial charge is 0.315 e. The average molecular weight is 305 g/mol. The quantitative estimate of drug-likeness (QED) is 0.861. The molecule has 1 N–H and O–H groups in total. The number of aromatic nitrogens is 1. The van der Waals surface area contributed by atoms with E-state index in [0.717, 1.165) is 11.3 Å². The molecule has 0 amide bonds. The highest BCUT2D eigenvalue weighted by atomic mass is 32.2. The van der Waals surface area contributed by atoms with Gasteiger partial charge in [0, 0.05) is 30.9 Å². The van der Waals surface area contributed by atoms with Crippen molar-refractivity contribution in [3.8, 4) is 0 Å². The molecule has 19 heavy (non-hydrogen) atoms. The van der Waals surface area contributed by atoms with Crippen LogP contribution in [-0.4, -0.2) is 54.8 Å². The standard InChI is InChI=1S/C11H19N3O3S2/c1-7-5-14(6-8(2)13(7)4)19(16,17)10-9(3)12-11(15)18-10/h7-8H,5-6H2,1-4H3,(H,12,15). The summed E-state index contributed by atoms with van der Waals surface area (Å²) in [5.74, 6) is 0. The average Bonchev–Trinajstić information content (AvgIpc) is 2.65. The van der Waals surface area contributed by atoms with Crippen molar-refractivity contribution in [2.24, 2.45) is 0 Å². The van der Waals surface area contributed by atoms with E-state index in [1.807, 2.05) is 20.9 Å². The SMILES string of the molecule is Cc1[nH]c(=O)sc1S(=O)(=O)N1CC(C)N(C)C(C)C1. The Labute approximate surface area is 117 Å². The highest BCUT2D eigenvalue weighted by Gasteiger charge is 2.36. The van der Waals surface area contributed by atoms with Crippen LogP contribution in [0.5, 0.6) is 0 Å². The molecule has 1 fully saturated rings. The number of piperazine rings is 1. The highest BCUT2D eigenvalue weighted by molar-refractivity contribution is 7.91. The van der Waals surface area contributed by atoms with Gasteiger partial charge in [0.1, 0.15) is 0 Å². The topological polar surface area (TPSA) is 73.5 Å². The third-order valence-corrected chi connectivity index (χ3v) is 7.10. The minimum Gasteiger partial charge on any atom is -0.315 e. The van der Waals surface area contributed by atoms with Crippen LogP contribution in [0.4, 0.5) is 0 Å². The van der Waals surface area contributed by atoms with Gasteiger partial charge in [0.2, 0.25) is 0 Å². The van der Waals surface area contributed by atoms with Crippen molar-refractivity contribution in [1.82, 2.24) is 14.2 Å². The molecular formula is C11H19N3O3S2. The molecule has 2 heterocycles. The highest BCUT2D eigenvalue weighted by Crippen LogP contribution is 2.25. The van der Waals surface area contributed by atoms with Gasteiger partial charge in [0.15, 0.2) is 4.21 Å². The van der Waals surface area contributed by atoms with E-state index >= 15 is 0 Å². The number of hydrogen-bond acceptors (Lipinski definition) is 5. The van der Waals surface area contributed by atoms with Crippen molar-refractivity contribution >= 4 is 21.4 Å². The molecule has 0 spiro atoms. The van der Waals surface area contributed by atoms with Crippen LogP contribution in [0.25, 0.3) is 0 Å². The van der Waals surface area contributed by atoms with Gasteiger partial charge in [-0.25, -0.2) is 8.42 Å². The summed E-state index contributed by atoms with van der Waals surface area (Å²) >= 11 is 0.764. The molecule has 0 aromatic carbocycles. The van der Waals surface area contributed by atoms with E-state index in [-0.39, 0.29) is 21.2 Å². The van der Waals surface area contributed by atoms with E-state index in [1.165, 1.54) is 4.31 Å². The van der Waals surface area contributed by atoms with Crippen LogP contribution in [0.2, 0.25) is 0 Å². The summed E-state index contributed by atoms with van der Waals surface area (Å²) in [5.41, 5.74) is 0.425. The third-order valence-electron chi connectivity index (χ3n) is 3.68. The number of hydrogen-bond donors (Lipinski definition) is 1. The number of H-pyrrole nitrogens is 1. The van der Waals surface area contributed by atoms with Gasteiger partial charge in [-0.1, -0.05) is 11.3 Å². The molecule has 1 aromatic heterocycles. The summed E-state index contributed by atoms with van der Waals surface area (Å²) in [6.07, 6.45) is 0. The smallest absolute Gasteiger partial charge is 0.305 e. The number of sulfonamides is 1. The number of aromatic amines is 1. The Morgan fingerprint density at radius 2 is 1.79 bits per heavy atom. The molecule has 0 bridgehead atoms. The van der Waals surface area contributed by atoms with Gasteiger partial charge >= 0.3 is 4.87 Å². The third kappa shape index (κ3) is 2.62. The second kappa shape index (κ2) is 5.01. The maximum Gasteiger partial charge on any atom is 0.305 e. The lowest BCUT2D eigenvalue weighted by atomic mass is 10.1. The fraction of sp³-hybridized carbons (Fsp3) is 0.727. The fourth-order valence-electron chi connectivity index (χ4n) is 2.31. The molecule has 1 aliphatic heterocycles. The Balaban J connectivity index is 2.36. The van der Waals surface area contributed by atoms with Gasteiger partial charge in [-0.15, -0.1) is 0 Å². The van der Waals surface area contributed by atoms with E-state index in [4.69, 9.17) is 0 Å². The van der Waals surface area contributed by atoms with Crippen LogP contribution in [0, 0.1) is 6.92 Å². The van der Waals surface area contributed by atoms with Crippen molar-refractivity contribution in [2.75, 3.05) is 20.1 Å². The molecule has 1 aliphatic rings. The normalized spacial score (nSPS) is 26.7. The first-order chi connectivity index (χ1) is 8.73. The second-order valence-electron chi connectivity index (χ2n) is 5.11. The lowest BCUT2D eigenvalue weighted by Gasteiger charge is -2.41. The molecule has 2 unspecified atom stereocenters. The molecule has 0 radical (unpaired) electrons. The predicted molar refractivity (Wildman–Crippen MR) is 75.1 cm³/mol. The second-order valence-corrected chi connectivity index (χ2v) is 8.23. The summed E-state index contributed by atoms with van der Waals surface area (Å²) in [6, 6.07) is 0.323. The van der Waals surface area contributed by atoms with Crippen molar-refractivity contribution in [1.29, 1.82) is 0 Å². The molecular weight excluding hydrogens is 286 g/mol. The summed E-state index contributed by atoms with van der Waals surface area (Å²) in [4.78, 5) is 15.7. The molecule has 0 saturated carbocycles. The predicted octanol–water partition coefficient (Wildman–Crippen LogP) is 0.458. The zero-order valence-corrected chi connectivity index (χ0v) is 13.1. The fourth-order valence-corrected chi connectivity index (χ4v) is 5.34. The monoisotopic (exact) mass is 305 g/mol. The lowest BCUT2D eigenvalue weighted by Crippen LogP contribution is -2.56. The van der Waals surface area contributed by atoms with Crippen molar-refractivity contribution in [2.45, 2.75) is 37.1 Å². The first kappa shape index (κ1) is 14.7. The molecule has 1 aromatic rings. The first-order valence-corrected chi connectivity index (χ1v) is 8.41. The Morgan fingerprint density at radius 3 is 2.21 bits per heavy atom. The van der Waals surface area contributed by atoms with Crippen LogP contribution < -0.4 is 4.87 Å². The van der Waals surface area contributed by atoms with E-state index in [2.05, 4.69) is 9.88 Å². The van der Waals surface area contributed by atoms with Crippen LogP contribution >= 0.6 is 11.3 Å². The number of thiazole rings is 1. The Hall–Kier alpha value is -0.700. The molecule has 8 heteroatoms. The summed E-state index contributed by atoms with van der Waals surface area (Å²) < 4.78 is 26.8. The van der Waals surface area contributed by atoms with E-state index < -0.39 is 10.0 Å². The first-order valence-electron chi connectivity index (χ1n) is 6.15. The molecule has 108 valence electrons. The molecule has 0 aliphatic carbocycles. The lowest BCUT2D eigenvalue weighted by molar-refractivity contribution is 0.105. The van der Waals surface area contributed by atoms with Crippen molar-refractivity contribution in [3.63, 3.8) is 0 Å². The zero-order valence-electron chi connectivity index (χ0n) is 11.5. The van der Waals surface area contributed by atoms with Gasteiger partial charge in [-0.2, -0.15) is 4.31 Å². The van der Waals surface area contributed by atoms with E-state index in [1.54, 1.807) is 6.92 Å². The zero-order chi connectivity index (χ0) is 14.4. The number of nitrogens with one attached hydrogen (secondary N) is 1. The van der Waals surface area contributed by atoms with Gasteiger partial charge < -0.3 is 4.98 Å². The van der Waals surface area contributed by atoms with E-state index in [9.17, 15) is 13.2 Å². The van der Waals surface area contributed by atoms with Crippen LogP contribution in [0.3, 0.4) is 0 Å². The Morgan fingerprint density at radius 1 is 1.26 bits per heavy atom. The number of rotatable bonds is 2. The van der Waals surface area contributed by atoms with Crippen molar-refractivity contribution < 1.29 is 8.42 Å². The van der Waals surface area contributed by atoms with Gasteiger partial charge in [-0.05, 0) is 27.8 Å². The summed E-state index contributed by atoms with van der Waals surface area (Å²) in [7, 11) is -1.57. The Bertz CT molecular complexity index is 607. The molecule has 2 atom stereocenters. The van der Waals surface area contributed by atoms with Gasteiger partial charge in [0.05, 0.1) is 0 Å². The van der Waals surface area contributed by atoms with Gasteiger partial charge in [-0.3, -0.25) is 9.69 Å². The number of aryl methyl sites for hydroxylation is 1. The Kier molecular flexibility index (Phi) is 3.87. The molecule has 6 nitrogen and oxygen atoms in total. The number of likely N-dealkylation sites (N-methyl/N-ethyl adjacent to an activating group) is 1.